The Morgan fingerprint density at radius 1 is 0.708 bits per heavy atom. The Labute approximate surface area is 146 Å². The van der Waals surface area contributed by atoms with Gasteiger partial charge in [0.05, 0.1) is 39.1 Å². The second-order valence-corrected chi connectivity index (χ2v) is 3.59. The minimum atomic E-state index is 0. The van der Waals surface area contributed by atoms with E-state index < -0.39 is 0 Å². The maximum Gasteiger partial charge on any atom is 0.104 e. The van der Waals surface area contributed by atoms with Crippen LogP contribution >= 0.6 is 0 Å². The third-order valence-electron chi connectivity index (χ3n) is 2.03. The van der Waals surface area contributed by atoms with E-state index in [1.807, 2.05) is 6.92 Å². The van der Waals surface area contributed by atoms with Gasteiger partial charge in [0.1, 0.15) is 12.2 Å². The van der Waals surface area contributed by atoms with Crippen LogP contribution in [0.25, 0.3) is 0 Å². The van der Waals surface area contributed by atoms with Crippen molar-refractivity contribution in [1.29, 1.82) is 0 Å². The molecule has 0 spiro atoms. The van der Waals surface area contributed by atoms with Crippen LogP contribution in [0, 0.1) is 0 Å². The number of rotatable bonds is 7. The molecule has 3 unspecified atom stereocenters. The van der Waals surface area contributed by atoms with E-state index in [4.69, 9.17) is 18.9 Å². The van der Waals surface area contributed by atoms with Crippen molar-refractivity contribution in [2.24, 2.45) is 0 Å². The third kappa shape index (κ3) is 33.1. The molecule has 33 N–H and O–H groups in total. The highest BCUT2D eigenvalue weighted by Crippen LogP contribution is 2.11. The quantitative estimate of drug-likeness (QED) is 0.283. The van der Waals surface area contributed by atoms with E-state index in [0.717, 1.165) is 13.2 Å². The second-order valence-electron chi connectivity index (χ2n) is 3.59. The highest BCUT2D eigenvalue weighted by molar-refractivity contribution is 4.69. The Kier molecular flexibility index (Phi) is 92.3. The molecule has 0 aromatic heterocycles. The Morgan fingerprint density at radius 3 is 1.38 bits per heavy atom. The molecule has 24 heavy (non-hydrogen) atoms. The predicted molar refractivity (Wildman–Crippen MR) is 101 cm³/mol. The van der Waals surface area contributed by atoms with Gasteiger partial charge in [0.15, 0.2) is 0 Å². The van der Waals surface area contributed by atoms with Crippen LogP contribution in [0.4, 0.5) is 0 Å². The van der Waals surface area contributed by atoms with Crippen LogP contribution in [0.5, 0.6) is 0 Å². The van der Waals surface area contributed by atoms with Crippen molar-refractivity contribution in [3.05, 3.63) is 0 Å². The zero-order chi connectivity index (χ0) is 9.10. The fraction of sp³-hybridized carbons (Fsp3) is 1.00. The summed E-state index contributed by atoms with van der Waals surface area (Å²) >= 11 is 0. The molecular weight excluding hydrogens is 326 g/mol. The van der Waals surface area contributed by atoms with E-state index in [0.29, 0.717) is 32.0 Å². The summed E-state index contributed by atoms with van der Waals surface area (Å²) < 4.78 is 20.9. The lowest BCUT2D eigenvalue weighted by Gasteiger charge is -2.11. The molecule has 2 saturated heterocycles. The molecule has 2 fully saturated rings. The van der Waals surface area contributed by atoms with E-state index in [9.17, 15) is 0 Å². The van der Waals surface area contributed by atoms with Crippen molar-refractivity contribution < 1.29 is 18.9 Å². The fourth-order valence-corrected chi connectivity index (χ4v) is 1.01. The minimum Gasteiger partial charge on any atom is -0.376 e. The molecule has 0 aromatic rings. The van der Waals surface area contributed by atoms with Gasteiger partial charge in [-0.1, -0.05) is 0 Å². The van der Waals surface area contributed by atoms with Crippen molar-refractivity contribution in [2.45, 2.75) is 25.2 Å². The lowest BCUT2D eigenvalue weighted by Crippen LogP contribution is -2.19. The van der Waals surface area contributed by atoms with Gasteiger partial charge in [-0.25, -0.2) is 0 Å². The molecular formula is C9H49N11O4. The van der Waals surface area contributed by atoms with E-state index in [-0.39, 0.29) is 73.8 Å². The fourth-order valence-electron chi connectivity index (χ4n) is 1.01. The Hall–Kier alpha value is -0.600. The van der Waals surface area contributed by atoms with Gasteiger partial charge in [0, 0.05) is 0 Å². The molecule has 0 aliphatic carbocycles. The van der Waals surface area contributed by atoms with E-state index >= 15 is 0 Å². The largest absolute Gasteiger partial charge is 0.376 e. The highest BCUT2D eigenvalue weighted by Gasteiger charge is 2.24. The van der Waals surface area contributed by atoms with Crippen molar-refractivity contribution in [1.82, 2.24) is 67.7 Å². The Balaban J connectivity index is -0.0000000223. The topological polar surface area (TPSA) is 429 Å². The molecule has 3 atom stereocenters. The lowest BCUT2D eigenvalue weighted by atomic mass is 10.4. The van der Waals surface area contributed by atoms with Crippen molar-refractivity contribution in [3.63, 3.8) is 0 Å². The molecule has 15 nitrogen and oxygen atoms in total. The van der Waals surface area contributed by atoms with Crippen molar-refractivity contribution in [3.8, 4) is 0 Å². The Morgan fingerprint density at radius 2 is 1.04 bits per heavy atom. The van der Waals surface area contributed by atoms with Crippen LogP contribution < -0.4 is 67.7 Å². The van der Waals surface area contributed by atoms with Crippen LogP contribution in [0.2, 0.25) is 0 Å². The van der Waals surface area contributed by atoms with E-state index in [1.165, 1.54) is 0 Å². The average molecular weight is 376 g/mol. The summed E-state index contributed by atoms with van der Waals surface area (Å²) in [5.74, 6) is 0. The predicted octanol–water partition coefficient (Wildman–Crippen LogP) is 1.99. The van der Waals surface area contributed by atoms with Crippen LogP contribution in [0.3, 0.4) is 0 Å². The summed E-state index contributed by atoms with van der Waals surface area (Å²) in [7, 11) is 0. The third-order valence-corrected chi connectivity index (χ3v) is 2.03. The van der Waals surface area contributed by atoms with Crippen LogP contribution in [-0.4, -0.2) is 51.3 Å². The van der Waals surface area contributed by atoms with E-state index in [1.54, 1.807) is 0 Å². The standard InChI is InChI=1S/C9H16O4.11H3N/c1-7(11-4-9-6-13-9)2-10-3-8-5-12-8;;;;;;;;;;;/h7-9H,2-6H2,1H3;11*1H3. The van der Waals surface area contributed by atoms with Crippen molar-refractivity contribution in [2.75, 3.05) is 33.0 Å². The molecule has 2 rings (SSSR count). The first-order valence-corrected chi connectivity index (χ1v) is 4.77. The summed E-state index contributed by atoms with van der Waals surface area (Å²) in [6.07, 6.45) is 0.844. The van der Waals surface area contributed by atoms with Crippen LogP contribution in [0.15, 0.2) is 0 Å². The first-order chi connectivity index (χ1) is 6.34. The SMILES string of the molecule is CC(COCC1CO1)OCC1CO1.N.N.N.N.N.N.N.N.N.N.N. The first-order valence-electron chi connectivity index (χ1n) is 4.77. The van der Waals surface area contributed by atoms with Gasteiger partial charge in [0.2, 0.25) is 0 Å². The van der Waals surface area contributed by atoms with E-state index in [2.05, 4.69) is 0 Å². The van der Waals surface area contributed by atoms with Crippen LogP contribution in [0.1, 0.15) is 6.92 Å². The zero-order valence-electron chi connectivity index (χ0n) is 15.7. The molecule has 2 aliphatic heterocycles. The van der Waals surface area contributed by atoms with Crippen LogP contribution in [-0.2, 0) is 18.9 Å². The highest BCUT2D eigenvalue weighted by atomic mass is 16.6. The maximum atomic E-state index is 5.48. The molecule has 2 heterocycles. The summed E-state index contributed by atoms with van der Waals surface area (Å²) in [6, 6.07) is 0. The second kappa shape index (κ2) is 33.9. The number of ether oxygens (including phenoxy) is 4. The van der Waals surface area contributed by atoms with Gasteiger partial charge in [0.25, 0.3) is 0 Å². The summed E-state index contributed by atoms with van der Waals surface area (Å²) in [5, 5.41) is 0. The van der Waals surface area contributed by atoms with Gasteiger partial charge in [-0.05, 0) is 6.92 Å². The summed E-state index contributed by atoms with van der Waals surface area (Å²) in [4.78, 5) is 0. The molecule has 164 valence electrons. The smallest absolute Gasteiger partial charge is 0.104 e. The van der Waals surface area contributed by atoms with Gasteiger partial charge in [-0.3, -0.25) is 0 Å². The maximum absolute atomic E-state index is 5.48. The monoisotopic (exact) mass is 375 g/mol. The van der Waals surface area contributed by atoms with Gasteiger partial charge in [-0.15, -0.1) is 0 Å². The molecule has 2 aliphatic rings. The van der Waals surface area contributed by atoms with Gasteiger partial charge < -0.3 is 86.6 Å². The minimum absolute atomic E-state index is 0. The first kappa shape index (κ1) is 65.4. The number of hydrogen-bond acceptors (Lipinski definition) is 15. The summed E-state index contributed by atoms with van der Waals surface area (Å²) in [6.45, 7) is 5.76. The molecule has 0 bridgehead atoms. The molecule has 0 saturated carbocycles. The Bertz CT molecular complexity index is 178. The normalized spacial score (nSPS) is 17.9. The number of hydrogen-bond donors (Lipinski definition) is 11. The molecule has 0 aromatic carbocycles. The molecule has 0 radical (unpaired) electrons. The summed E-state index contributed by atoms with van der Waals surface area (Å²) in [5.41, 5.74) is 0. The zero-order valence-corrected chi connectivity index (χ0v) is 15.7. The molecule has 15 heteroatoms. The van der Waals surface area contributed by atoms with Crippen molar-refractivity contribution >= 4 is 0 Å². The van der Waals surface area contributed by atoms with Gasteiger partial charge in [-0.2, -0.15) is 0 Å². The number of epoxide rings is 2. The average Bonchev–Trinajstić information content (AvgIpc) is 2.97. The molecule has 0 amide bonds. The van der Waals surface area contributed by atoms with Gasteiger partial charge >= 0.3 is 0 Å². The lowest BCUT2D eigenvalue weighted by molar-refractivity contribution is -0.0146.